The molecule has 0 aliphatic heterocycles. The molecule has 0 saturated heterocycles. The molecule has 5 heteroatoms. The normalized spacial score (nSPS) is 10.7. The SMILES string of the molecule is COc1ccc2cc(-c3ncc(Br)c(N)n3)ccc2c1. The van der Waals surface area contributed by atoms with Crippen molar-refractivity contribution in [3.05, 3.63) is 47.1 Å². The van der Waals surface area contributed by atoms with Crippen LogP contribution >= 0.6 is 15.9 Å². The van der Waals surface area contributed by atoms with Gasteiger partial charge in [0.25, 0.3) is 0 Å². The van der Waals surface area contributed by atoms with Crippen LogP contribution in [0.15, 0.2) is 47.1 Å². The second-order valence-electron chi connectivity index (χ2n) is 4.35. The van der Waals surface area contributed by atoms with Gasteiger partial charge in [0.15, 0.2) is 5.82 Å². The number of nitrogens with zero attached hydrogens (tertiary/aromatic N) is 2. The monoisotopic (exact) mass is 329 g/mol. The second-order valence-corrected chi connectivity index (χ2v) is 5.21. The van der Waals surface area contributed by atoms with E-state index < -0.39 is 0 Å². The number of rotatable bonds is 2. The fourth-order valence-electron chi connectivity index (χ4n) is 2.01. The Bertz CT molecular complexity index is 789. The number of nitrogens with two attached hydrogens (primary N) is 1. The van der Waals surface area contributed by atoms with E-state index in [0.29, 0.717) is 16.1 Å². The zero-order valence-electron chi connectivity index (χ0n) is 10.8. The van der Waals surface area contributed by atoms with E-state index in [-0.39, 0.29) is 0 Å². The number of aromatic nitrogens is 2. The highest BCUT2D eigenvalue weighted by molar-refractivity contribution is 9.10. The van der Waals surface area contributed by atoms with Crippen LogP contribution in [0.1, 0.15) is 0 Å². The Kier molecular flexibility index (Phi) is 3.28. The second kappa shape index (κ2) is 5.09. The highest BCUT2D eigenvalue weighted by atomic mass is 79.9. The minimum atomic E-state index is 0.435. The van der Waals surface area contributed by atoms with E-state index in [1.54, 1.807) is 13.3 Å². The van der Waals surface area contributed by atoms with Crippen LogP contribution < -0.4 is 10.5 Å². The molecule has 20 heavy (non-hydrogen) atoms. The molecule has 0 radical (unpaired) electrons. The summed E-state index contributed by atoms with van der Waals surface area (Å²) >= 11 is 3.29. The summed E-state index contributed by atoms with van der Waals surface area (Å²) in [4.78, 5) is 8.57. The van der Waals surface area contributed by atoms with E-state index in [1.165, 1.54) is 0 Å². The first-order chi connectivity index (χ1) is 9.67. The summed E-state index contributed by atoms with van der Waals surface area (Å²) in [5.74, 6) is 1.89. The number of fused-ring (bicyclic) bond motifs is 1. The number of methoxy groups -OCH3 is 1. The summed E-state index contributed by atoms with van der Waals surface area (Å²) in [7, 11) is 1.66. The van der Waals surface area contributed by atoms with Crippen LogP contribution in [0.5, 0.6) is 5.75 Å². The Morgan fingerprint density at radius 3 is 2.60 bits per heavy atom. The van der Waals surface area contributed by atoms with Gasteiger partial charge in [-0.1, -0.05) is 18.2 Å². The molecule has 0 atom stereocenters. The van der Waals surface area contributed by atoms with Crippen LogP contribution in [-0.4, -0.2) is 17.1 Å². The molecule has 3 rings (SSSR count). The minimum Gasteiger partial charge on any atom is -0.497 e. The number of ether oxygens (including phenoxy) is 1. The fraction of sp³-hybridized carbons (Fsp3) is 0.0667. The van der Waals surface area contributed by atoms with Crippen molar-refractivity contribution in [2.75, 3.05) is 12.8 Å². The molecule has 0 amide bonds. The van der Waals surface area contributed by atoms with Gasteiger partial charge in [0.05, 0.1) is 11.6 Å². The van der Waals surface area contributed by atoms with Crippen LogP contribution in [0.4, 0.5) is 5.82 Å². The topological polar surface area (TPSA) is 61.0 Å². The van der Waals surface area contributed by atoms with E-state index in [4.69, 9.17) is 10.5 Å². The van der Waals surface area contributed by atoms with Gasteiger partial charge in [-0.05, 0) is 44.9 Å². The predicted molar refractivity (Wildman–Crippen MR) is 83.6 cm³/mol. The molecular weight excluding hydrogens is 318 g/mol. The van der Waals surface area contributed by atoms with Gasteiger partial charge in [-0.2, -0.15) is 0 Å². The van der Waals surface area contributed by atoms with Crippen LogP contribution in [0, 0.1) is 0 Å². The molecule has 2 N–H and O–H groups in total. The van der Waals surface area contributed by atoms with E-state index in [2.05, 4.69) is 25.9 Å². The summed E-state index contributed by atoms with van der Waals surface area (Å²) in [6, 6.07) is 12.0. The number of anilines is 1. The van der Waals surface area contributed by atoms with Crippen molar-refractivity contribution in [1.29, 1.82) is 0 Å². The third kappa shape index (κ3) is 2.32. The minimum absolute atomic E-state index is 0.435. The van der Waals surface area contributed by atoms with Gasteiger partial charge in [0, 0.05) is 11.8 Å². The quantitative estimate of drug-likeness (QED) is 0.779. The van der Waals surface area contributed by atoms with Gasteiger partial charge in [0.1, 0.15) is 11.6 Å². The van der Waals surface area contributed by atoms with Crippen molar-refractivity contribution in [2.24, 2.45) is 0 Å². The Morgan fingerprint density at radius 1 is 1.10 bits per heavy atom. The first-order valence-corrected chi connectivity index (χ1v) is 6.83. The first-order valence-electron chi connectivity index (χ1n) is 6.03. The Balaban J connectivity index is 2.10. The van der Waals surface area contributed by atoms with Crippen molar-refractivity contribution in [1.82, 2.24) is 9.97 Å². The number of halogens is 1. The maximum absolute atomic E-state index is 5.79. The standard InChI is InChI=1S/C15H12BrN3O/c1-20-12-5-4-9-6-11(3-2-10(9)7-12)15-18-8-13(16)14(17)19-15/h2-8H,1H3,(H2,17,18,19). The summed E-state index contributed by atoms with van der Waals surface area (Å²) < 4.78 is 5.92. The molecule has 100 valence electrons. The molecule has 0 fully saturated rings. The molecule has 1 aromatic heterocycles. The summed E-state index contributed by atoms with van der Waals surface area (Å²) in [6.45, 7) is 0. The van der Waals surface area contributed by atoms with E-state index in [9.17, 15) is 0 Å². The summed E-state index contributed by atoms with van der Waals surface area (Å²) in [6.07, 6.45) is 1.66. The van der Waals surface area contributed by atoms with E-state index >= 15 is 0 Å². The van der Waals surface area contributed by atoms with Crippen molar-refractivity contribution in [3.8, 4) is 17.1 Å². The lowest BCUT2D eigenvalue weighted by molar-refractivity contribution is 0.415. The first kappa shape index (κ1) is 12.9. The van der Waals surface area contributed by atoms with Gasteiger partial charge < -0.3 is 10.5 Å². The third-order valence-electron chi connectivity index (χ3n) is 3.08. The van der Waals surface area contributed by atoms with Crippen LogP contribution in [0.2, 0.25) is 0 Å². The maximum atomic E-state index is 5.79. The number of hydrogen-bond donors (Lipinski definition) is 1. The predicted octanol–water partition coefficient (Wildman–Crippen LogP) is 3.65. The average Bonchev–Trinajstić information content (AvgIpc) is 2.49. The molecule has 0 aliphatic rings. The number of benzene rings is 2. The van der Waals surface area contributed by atoms with Crippen molar-refractivity contribution in [3.63, 3.8) is 0 Å². The van der Waals surface area contributed by atoms with E-state index in [0.717, 1.165) is 22.1 Å². The van der Waals surface area contributed by atoms with Crippen molar-refractivity contribution < 1.29 is 4.74 Å². The van der Waals surface area contributed by atoms with Crippen LogP contribution in [-0.2, 0) is 0 Å². The lowest BCUT2D eigenvalue weighted by Gasteiger charge is -2.06. The van der Waals surface area contributed by atoms with Gasteiger partial charge in [0.2, 0.25) is 0 Å². The van der Waals surface area contributed by atoms with Gasteiger partial charge in [-0.15, -0.1) is 0 Å². The molecule has 2 aromatic carbocycles. The average molecular weight is 330 g/mol. The Hall–Kier alpha value is -2.14. The smallest absolute Gasteiger partial charge is 0.161 e. The van der Waals surface area contributed by atoms with Crippen LogP contribution in [0.25, 0.3) is 22.2 Å². The lowest BCUT2D eigenvalue weighted by atomic mass is 10.1. The molecule has 4 nitrogen and oxygen atoms in total. The molecule has 0 spiro atoms. The van der Waals surface area contributed by atoms with Crippen LogP contribution in [0.3, 0.4) is 0 Å². The molecule has 1 heterocycles. The summed E-state index contributed by atoms with van der Waals surface area (Å²) in [5, 5.41) is 2.21. The highest BCUT2D eigenvalue weighted by Gasteiger charge is 2.06. The van der Waals surface area contributed by atoms with Gasteiger partial charge in [-0.3, -0.25) is 0 Å². The molecule has 0 unspecified atom stereocenters. The molecule has 0 aliphatic carbocycles. The van der Waals surface area contributed by atoms with Crippen molar-refractivity contribution in [2.45, 2.75) is 0 Å². The zero-order chi connectivity index (χ0) is 14.1. The highest BCUT2D eigenvalue weighted by Crippen LogP contribution is 2.26. The van der Waals surface area contributed by atoms with E-state index in [1.807, 2.05) is 36.4 Å². The molecule has 0 bridgehead atoms. The Labute approximate surface area is 124 Å². The lowest BCUT2D eigenvalue weighted by Crippen LogP contribution is -1.96. The molecule has 0 saturated carbocycles. The number of hydrogen-bond acceptors (Lipinski definition) is 4. The fourth-order valence-corrected chi connectivity index (χ4v) is 2.20. The van der Waals surface area contributed by atoms with Gasteiger partial charge in [-0.25, -0.2) is 9.97 Å². The molecule has 3 aromatic rings. The third-order valence-corrected chi connectivity index (χ3v) is 3.69. The maximum Gasteiger partial charge on any atom is 0.161 e. The number of nitrogen functional groups attached to an aromatic ring is 1. The van der Waals surface area contributed by atoms with Gasteiger partial charge >= 0.3 is 0 Å². The molecular formula is C15H12BrN3O. The summed E-state index contributed by atoms with van der Waals surface area (Å²) in [5.41, 5.74) is 6.73. The Morgan fingerprint density at radius 2 is 1.85 bits per heavy atom. The zero-order valence-corrected chi connectivity index (χ0v) is 12.4. The largest absolute Gasteiger partial charge is 0.497 e. The van der Waals surface area contributed by atoms with Crippen molar-refractivity contribution >= 4 is 32.5 Å².